The Labute approximate surface area is 108 Å². The van der Waals surface area contributed by atoms with Crippen LogP contribution in [0.1, 0.15) is 19.0 Å². The molecule has 0 saturated carbocycles. The van der Waals surface area contributed by atoms with Gasteiger partial charge >= 0.3 is 0 Å². The Kier molecular flexibility index (Phi) is 2.60. The van der Waals surface area contributed by atoms with Crippen LogP contribution in [0.5, 0.6) is 0 Å². The normalized spacial score (nSPS) is 26.7. The molecule has 0 spiro atoms. The van der Waals surface area contributed by atoms with Crippen molar-refractivity contribution in [2.75, 3.05) is 13.1 Å². The average molecular weight is 269 g/mol. The van der Waals surface area contributed by atoms with E-state index in [1.807, 2.05) is 0 Å². The van der Waals surface area contributed by atoms with Crippen molar-refractivity contribution < 1.29 is 13.2 Å². The van der Waals surface area contributed by atoms with Crippen LogP contribution in [0, 0.1) is 5.82 Å². The van der Waals surface area contributed by atoms with Crippen LogP contribution in [0.4, 0.5) is 13.2 Å². The van der Waals surface area contributed by atoms with E-state index in [1.54, 1.807) is 6.07 Å². The maximum Gasteiger partial charge on any atom is 0.261 e. The highest BCUT2D eigenvalue weighted by Gasteiger charge is 2.54. The summed E-state index contributed by atoms with van der Waals surface area (Å²) in [7, 11) is 0. The lowest BCUT2D eigenvalue weighted by Gasteiger charge is -2.40. The van der Waals surface area contributed by atoms with Crippen LogP contribution in [0.3, 0.4) is 0 Å². The smallest absolute Gasteiger partial charge is 0.261 e. The standard InChI is InChI=1S/C13H14F3N3/c1-12(7-17-6-5-13(12,15)16)11-8-3-2-4-9(14)10(8)18-19-11/h2-4,17H,5-7H2,1H3,(H,18,19). The van der Waals surface area contributed by atoms with Crippen LogP contribution in [-0.4, -0.2) is 29.2 Å². The first kappa shape index (κ1) is 12.5. The van der Waals surface area contributed by atoms with Gasteiger partial charge in [0.05, 0.1) is 11.1 Å². The number of aromatic nitrogens is 2. The maximum atomic E-state index is 14.3. The number of fused-ring (bicyclic) bond motifs is 1. The predicted molar refractivity (Wildman–Crippen MR) is 65.8 cm³/mol. The minimum absolute atomic E-state index is 0.111. The number of rotatable bonds is 1. The molecule has 1 saturated heterocycles. The Morgan fingerprint density at radius 3 is 2.84 bits per heavy atom. The van der Waals surface area contributed by atoms with Crippen molar-refractivity contribution in [1.29, 1.82) is 0 Å². The summed E-state index contributed by atoms with van der Waals surface area (Å²) in [5.74, 6) is -3.36. The Balaban J connectivity index is 2.21. The monoisotopic (exact) mass is 269 g/mol. The molecule has 3 rings (SSSR count). The zero-order valence-corrected chi connectivity index (χ0v) is 10.4. The molecule has 2 heterocycles. The van der Waals surface area contributed by atoms with E-state index in [-0.39, 0.29) is 25.0 Å². The van der Waals surface area contributed by atoms with Crippen LogP contribution in [0.2, 0.25) is 0 Å². The van der Waals surface area contributed by atoms with Crippen molar-refractivity contribution in [1.82, 2.24) is 15.5 Å². The fourth-order valence-corrected chi connectivity index (χ4v) is 2.68. The SMILES string of the molecule is CC1(c2[nH]nc3c(F)cccc23)CNCCC1(F)F. The molecule has 1 aromatic heterocycles. The Morgan fingerprint density at radius 1 is 1.32 bits per heavy atom. The molecule has 0 amide bonds. The summed E-state index contributed by atoms with van der Waals surface area (Å²) in [6, 6.07) is 4.40. The van der Waals surface area contributed by atoms with Crippen LogP contribution in [0.15, 0.2) is 18.2 Å². The molecule has 19 heavy (non-hydrogen) atoms. The quantitative estimate of drug-likeness (QED) is 0.835. The van der Waals surface area contributed by atoms with E-state index < -0.39 is 17.2 Å². The minimum Gasteiger partial charge on any atom is -0.315 e. The number of hydrogen-bond acceptors (Lipinski definition) is 2. The van der Waals surface area contributed by atoms with Gasteiger partial charge in [-0.05, 0) is 13.0 Å². The van der Waals surface area contributed by atoms with Gasteiger partial charge in [0.15, 0.2) is 5.82 Å². The number of alkyl halides is 2. The van der Waals surface area contributed by atoms with Crippen LogP contribution >= 0.6 is 0 Å². The summed E-state index contributed by atoms with van der Waals surface area (Å²) in [5.41, 5.74) is -1.01. The first-order valence-electron chi connectivity index (χ1n) is 6.17. The summed E-state index contributed by atoms with van der Waals surface area (Å²) in [4.78, 5) is 0. The lowest BCUT2D eigenvalue weighted by molar-refractivity contribution is -0.0931. The molecule has 1 aliphatic heterocycles. The third-order valence-electron chi connectivity index (χ3n) is 3.99. The molecule has 1 aromatic carbocycles. The van der Waals surface area contributed by atoms with Gasteiger partial charge in [-0.3, -0.25) is 5.10 Å². The van der Waals surface area contributed by atoms with Gasteiger partial charge in [-0.15, -0.1) is 0 Å². The Hall–Kier alpha value is -1.56. The number of aromatic amines is 1. The number of H-pyrrole nitrogens is 1. The van der Waals surface area contributed by atoms with E-state index in [9.17, 15) is 13.2 Å². The number of nitrogens with zero attached hydrogens (tertiary/aromatic N) is 1. The molecule has 6 heteroatoms. The number of benzene rings is 1. The van der Waals surface area contributed by atoms with Gasteiger partial charge in [0.25, 0.3) is 5.92 Å². The molecule has 102 valence electrons. The number of piperidine rings is 1. The van der Waals surface area contributed by atoms with Gasteiger partial charge in [-0.2, -0.15) is 5.10 Å². The maximum absolute atomic E-state index is 14.3. The zero-order valence-electron chi connectivity index (χ0n) is 10.4. The summed E-state index contributed by atoms with van der Waals surface area (Å²) in [6.07, 6.45) is -0.237. The lowest BCUT2D eigenvalue weighted by Crippen LogP contribution is -2.55. The number of para-hydroxylation sites is 1. The highest BCUT2D eigenvalue weighted by molar-refractivity contribution is 5.83. The van der Waals surface area contributed by atoms with Crippen molar-refractivity contribution in [3.05, 3.63) is 29.7 Å². The van der Waals surface area contributed by atoms with E-state index in [1.165, 1.54) is 19.1 Å². The second kappa shape index (κ2) is 3.96. The van der Waals surface area contributed by atoms with Crippen molar-refractivity contribution in [3.63, 3.8) is 0 Å². The van der Waals surface area contributed by atoms with Crippen LogP contribution < -0.4 is 5.32 Å². The number of halogens is 3. The van der Waals surface area contributed by atoms with Gasteiger partial charge in [0, 0.05) is 24.9 Å². The highest BCUT2D eigenvalue weighted by Crippen LogP contribution is 2.44. The summed E-state index contributed by atoms with van der Waals surface area (Å²) in [5, 5.41) is 9.85. The molecule has 0 radical (unpaired) electrons. The molecule has 2 N–H and O–H groups in total. The summed E-state index contributed by atoms with van der Waals surface area (Å²) >= 11 is 0. The van der Waals surface area contributed by atoms with Gasteiger partial charge in [0.2, 0.25) is 0 Å². The molecule has 2 aromatic rings. The second-order valence-electron chi connectivity index (χ2n) is 5.20. The number of hydrogen-bond donors (Lipinski definition) is 2. The largest absolute Gasteiger partial charge is 0.315 e. The third-order valence-corrected chi connectivity index (χ3v) is 3.99. The van der Waals surface area contributed by atoms with E-state index in [0.717, 1.165) is 0 Å². The van der Waals surface area contributed by atoms with Crippen molar-refractivity contribution in [2.24, 2.45) is 0 Å². The number of nitrogens with one attached hydrogen (secondary N) is 2. The average Bonchev–Trinajstić information content (AvgIpc) is 2.79. The first-order valence-corrected chi connectivity index (χ1v) is 6.17. The van der Waals surface area contributed by atoms with Crippen LogP contribution in [-0.2, 0) is 5.41 Å². The Morgan fingerprint density at radius 2 is 2.11 bits per heavy atom. The van der Waals surface area contributed by atoms with E-state index in [4.69, 9.17) is 0 Å². The van der Waals surface area contributed by atoms with Crippen molar-refractivity contribution in [3.8, 4) is 0 Å². The van der Waals surface area contributed by atoms with Gasteiger partial charge in [0.1, 0.15) is 5.52 Å². The summed E-state index contributed by atoms with van der Waals surface area (Å²) in [6.45, 7) is 1.90. The molecule has 1 fully saturated rings. The second-order valence-corrected chi connectivity index (χ2v) is 5.20. The molecular weight excluding hydrogens is 255 g/mol. The highest BCUT2D eigenvalue weighted by atomic mass is 19.3. The van der Waals surface area contributed by atoms with Gasteiger partial charge in [-0.1, -0.05) is 12.1 Å². The molecule has 3 nitrogen and oxygen atoms in total. The molecule has 1 aliphatic rings. The topological polar surface area (TPSA) is 40.7 Å². The predicted octanol–water partition coefficient (Wildman–Crippen LogP) is 2.59. The lowest BCUT2D eigenvalue weighted by atomic mass is 9.75. The van der Waals surface area contributed by atoms with Crippen molar-refractivity contribution in [2.45, 2.75) is 24.7 Å². The van der Waals surface area contributed by atoms with Crippen molar-refractivity contribution >= 4 is 10.9 Å². The summed E-state index contributed by atoms with van der Waals surface area (Å²) < 4.78 is 42.1. The van der Waals surface area contributed by atoms with E-state index >= 15 is 0 Å². The van der Waals surface area contributed by atoms with Gasteiger partial charge in [-0.25, -0.2) is 13.2 Å². The zero-order chi connectivity index (χ0) is 13.7. The van der Waals surface area contributed by atoms with Gasteiger partial charge < -0.3 is 5.32 Å². The third kappa shape index (κ3) is 1.66. The Bertz CT molecular complexity index is 623. The molecule has 0 aliphatic carbocycles. The molecule has 0 bridgehead atoms. The van der Waals surface area contributed by atoms with E-state index in [0.29, 0.717) is 11.1 Å². The molecule has 1 unspecified atom stereocenters. The van der Waals surface area contributed by atoms with E-state index in [2.05, 4.69) is 15.5 Å². The minimum atomic E-state index is -2.86. The molecular formula is C13H14F3N3. The first-order chi connectivity index (χ1) is 8.96. The van der Waals surface area contributed by atoms with Crippen LogP contribution in [0.25, 0.3) is 10.9 Å². The fraction of sp³-hybridized carbons (Fsp3) is 0.462. The molecule has 1 atom stereocenters. The fourth-order valence-electron chi connectivity index (χ4n) is 2.68.